The van der Waals surface area contributed by atoms with Gasteiger partial charge in [0.05, 0.1) is 12.5 Å². The van der Waals surface area contributed by atoms with Gasteiger partial charge in [-0.2, -0.15) is 13.2 Å². The average Bonchev–Trinajstić information content (AvgIpc) is 3.08. The third kappa shape index (κ3) is 5.16. The quantitative estimate of drug-likeness (QED) is 0.617. The van der Waals surface area contributed by atoms with E-state index in [4.69, 9.17) is 9.47 Å². The van der Waals surface area contributed by atoms with Gasteiger partial charge in [0.25, 0.3) is 5.91 Å². The Labute approximate surface area is 200 Å². The maximum atomic E-state index is 12.9. The standard InChI is InChI=1S/C24H28F3N3O5/c25-24(26,27)13-34-16-11-29(12-16)18-3-1-2-4-20(18)35-15-5-6-17-14(9-15)10-30(23(17)33)19-7-8-21(31)28-22(19)32/h5-6,9,16,18-20H,1-4,7-8,10-13H2,(H,28,31,32)/p+1. The van der Waals surface area contributed by atoms with Crippen LogP contribution in [0.5, 0.6) is 5.75 Å². The van der Waals surface area contributed by atoms with Crippen LogP contribution in [0.3, 0.4) is 0 Å². The van der Waals surface area contributed by atoms with Crippen molar-refractivity contribution in [2.24, 2.45) is 0 Å². The minimum Gasteiger partial charge on any atom is -0.489 e. The van der Waals surface area contributed by atoms with Gasteiger partial charge < -0.3 is 19.5 Å². The number of benzene rings is 1. The lowest BCUT2D eigenvalue weighted by molar-refractivity contribution is -0.394. The van der Waals surface area contributed by atoms with Crippen LogP contribution in [0.25, 0.3) is 0 Å². The fourth-order valence-corrected chi connectivity index (χ4v) is 5.51. The van der Waals surface area contributed by atoms with Crippen molar-refractivity contribution in [3.05, 3.63) is 29.3 Å². The second-order valence-electron chi connectivity index (χ2n) is 9.75. The van der Waals surface area contributed by atoms with E-state index in [0.29, 0.717) is 37.4 Å². The molecule has 1 aromatic carbocycles. The first-order valence-corrected chi connectivity index (χ1v) is 12.1. The normalized spacial score (nSPS) is 28.0. The summed E-state index contributed by atoms with van der Waals surface area (Å²) in [5.41, 5.74) is 1.35. The molecule has 0 aromatic heterocycles. The van der Waals surface area contributed by atoms with Gasteiger partial charge in [0.2, 0.25) is 0 Å². The van der Waals surface area contributed by atoms with Crippen LogP contribution in [0.15, 0.2) is 18.2 Å². The van der Waals surface area contributed by atoms with E-state index >= 15 is 0 Å². The van der Waals surface area contributed by atoms with E-state index in [1.165, 1.54) is 0 Å². The lowest BCUT2D eigenvalue weighted by Gasteiger charge is -2.48. The first-order chi connectivity index (χ1) is 16.7. The van der Waals surface area contributed by atoms with Crippen LogP contribution >= 0.6 is 0 Å². The molecule has 35 heavy (non-hydrogen) atoms. The third-order valence-corrected chi connectivity index (χ3v) is 7.30. The number of amides is 2. The van der Waals surface area contributed by atoms with Gasteiger partial charge in [-0.25, -0.2) is 4.79 Å². The van der Waals surface area contributed by atoms with Gasteiger partial charge in [-0.1, -0.05) is 6.42 Å². The first-order valence-electron chi connectivity index (χ1n) is 12.1. The smallest absolute Gasteiger partial charge is 0.411 e. The number of aliphatic hydroxyl groups excluding tert-OH is 1. The minimum absolute atomic E-state index is 0.0930. The van der Waals surface area contributed by atoms with Crippen molar-refractivity contribution in [3.8, 4) is 5.75 Å². The molecular formula is C24H29F3N3O5+. The number of halogens is 3. The number of hydrogen-bond donors (Lipinski definition) is 2. The maximum absolute atomic E-state index is 12.9. The van der Waals surface area contributed by atoms with Crippen molar-refractivity contribution in [1.29, 1.82) is 0 Å². The Kier molecular flexibility index (Phi) is 6.47. The van der Waals surface area contributed by atoms with Crippen LogP contribution in [0.4, 0.5) is 13.2 Å². The zero-order valence-electron chi connectivity index (χ0n) is 19.2. The van der Waals surface area contributed by atoms with Gasteiger partial charge in [-0.3, -0.25) is 9.69 Å². The molecule has 11 heteroatoms. The molecule has 1 aliphatic carbocycles. The van der Waals surface area contributed by atoms with Gasteiger partial charge in [0.15, 0.2) is 6.04 Å². The van der Waals surface area contributed by atoms with Crippen molar-refractivity contribution < 1.29 is 42.3 Å². The molecular weight excluding hydrogens is 467 g/mol. The third-order valence-electron chi connectivity index (χ3n) is 7.30. The molecule has 3 atom stereocenters. The van der Waals surface area contributed by atoms with E-state index < -0.39 is 24.9 Å². The van der Waals surface area contributed by atoms with Crippen molar-refractivity contribution in [2.45, 2.75) is 75.5 Å². The molecule has 5 rings (SSSR count). The SMILES string of the molecule is O=C1CCC(N2Cc3cc(OC4CCCCC4N4CC(OCC(F)(F)F)C4)ccc3C2=O)C(O)=[NH+]1. The molecule has 2 amide bonds. The Hall–Kier alpha value is -2.66. The highest BCUT2D eigenvalue weighted by Crippen LogP contribution is 2.34. The van der Waals surface area contributed by atoms with Crippen LogP contribution in [0.1, 0.15) is 54.4 Å². The summed E-state index contributed by atoms with van der Waals surface area (Å²) < 4.78 is 48.5. The molecule has 1 saturated carbocycles. The molecule has 8 nitrogen and oxygen atoms in total. The number of hydrogen-bond acceptors (Lipinski definition) is 5. The zero-order chi connectivity index (χ0) is 24.7. The van der Waals surface area contributed by atoms with Crippen molar-refractivity contribution in [3.63, 3.8) is 0 Å². The second kappa shape index (κ2) is 9.42. The molecule has 0 spiro atoms. The van der Waals surface area contributed by atoms with Crippen LogP contribution in [0.2, 0.25) is 0 Å². The van der Waals surface area contributed by atoms with Gasteiger partial charge in [-0.05, 0) is 49.4 Å². The molecule has 3 aliphatic heterocycles. The van der Waals surface area contributed by atoms with Crippen molar-refractivity contribution in [1.82, 2.24) is 9.80 Å². The summed E-state index contributed by atoms with van der Waals surface area (Å²) in [7, 11) is 0. The average molecular weight is 497 g/mol. The molecule has 2 N–H and O–H groups in total. The fourth-order valence-electron chi connectivity index (χ4n) is 5.51. The molecule has 0 radical (unpaired) electrons. The maximum Gasteiger partial charge on any atom is 0.411 e. The van der Waals surface area contributed by atoms with E-state index in [2.05, 4.69) is 9.89 Å². The van der Waals surface area contributed by atoms with Crippen LogP contribution in [-0.2, 0) is 16.1 Å². The van der Waals surface area contributed by atoms with E-state index in [0.717, 1.165) is 31.2 Å². The Morgan fingerprint density at radius 2 is 1.89 bits per heavy atom. The fraction of sp³-hybridized carbons (Fsp3) is 0.625. The minimum atomic E-state index is -4.32. The van der Waals surface area contributed by atoms with E-state index in [1.807, 2.05) is 6.07 Å². The Bertz CT molecular complexity index is 1020. The predicted octanol–water partition coefficient (Wildman–Crippen LogP) is 1.32. The summed E-state index contributed by atoms with van der Waals surface area (Å²) in [4.78, 5) is 30.5. The number of carbonyl (C=O) groups is 2. The van der Waals surface area contributed by atoms with Gasteiger partial charge in [-0.15, -0.1) is 4.99 Å². The monoisotopic (exact) mass is 496 g/mol. The number of alkyl halides is 3. The lowest BCUT2D eigenvalue weighted by atomic mass is 9.89. The van der Waals surface area contributed by atoms with E-state index in [9.17, 15) is 27.9 Å². The molecule has 190 valence electrons. The number of nitrogens with one attached hydrogen (secondary N) is 1. The first kappa shape index (κ1) is 24.1. The molecule has 4 aliphatic rings. The number of nitrogens with zero attached hydrogens (tertiary/aromatic N) is 2. The summed E-state index contributed by atoms with van der Waals surface area (Å²) in [5, 5.41) is 10.2. The van der Waals surface area contributed by atoms with Crippen molar-refractivity contribution in [2.75, 3.05) is 19.7 Å². The summed E-state index contributed by atoms with van der Waals surface area (Å²) in [6, 6.07) is 4.90. The van der Waals surface area contributed by atoms with Gasteiger partial charge in [0, 0.05) is 31.2 Å². The summed E-state index contributed by atoms with van der Waals surface area (Å²) >= 11 is 0. The highest BCUT2D eigenvalue weighted by molar-refractivity contribution is 6.01. The summed E-state index contributed by atoms with van der Waals surface area (Å²) in [5.74, 6) is -0.0109. The van der Waals surface area contributed by atoms with E-state index in [-0.39, 0.29) is 36.3 Å². The number of likely N-dealkylation sites (tertiary alicyclic amines) is 1. The number of carbonyl (C=O) groups excluding carboxylic acids is 2. The molecule has 1 aromatic rings. The predicted molar refractivity (Wildman–Crippen MR) is 117 cm³/mol. The molecule has 3 unspecified atom stereocenters. The highest BCUT2D eigenvalue weighted by atomic mass is 19.4. The largest absolute Gasteiger partial charge is 0.489 e. The van der Waals surface area contributed by atoms with Gasteiger partial charge in [0.1, 0.15) is 18.5 Å². The molecule has 0 bridgehead atoms. The van der Waals surface area contributed by atoms with Crippen LogP contribution < -0.4 is 9.73 Å². The van der Waals surface area contributed by atoms with Crippen LogP contribution in [0, 0.1) is 0 Å². The molecule has 2 fully saturated rings. The summed E-state index contributed by atoms with van der Waals surface area (Å²) in [6.07, 6.45) is -0.387. The van der Waals surface area contributed by atoms with Crippen molar-refractivity contribution >= 4 is 17.7 Å². The molecule has 3 heterocycles. The highest BCUT2D eigenvalue weighted by Gasteiger charge is 2.42. The number of ether oxygens (including phenoxy) is 2. The number of rotatable bonds is 6. The lowest BCUT2D eigenvalue weighted by Crippen LogP contribution is -2.82. The zero-order valence-corrected chi connectivity index (χ0v) is 19.2. The Morgan fingerprint density at radius 3 is 2.63 bits per heavy atom. The topological polar surface area (TPSA) is 93.3 Å². The Balaban J connectivity index is 1.22. The molecule has 1 saturated heterocycles. The van der Waals surface area contributed by atoms with Gasteiger partial charge >= 0.3 is 18.0 Å². The number of fused-ring (bicyclic) bond motifs is 1. The number of aliphatic hydroxyl groups is 1. The second-order valence-corrected chi connectivity index (χ2v) is 9.75. The van der Waals surface area contributed by atoms with Crippen LogP contribution in [-0.4, -0.2) is 82.8 Å². The summed E-state index contributed by atoms with van der Waals surface area (Å²) in [6.45, 7) is 0.0243. The van der Waals surface area contributed by atoms with E-state index in [1.54, 1.807) is 17.0 Å². The Morgan fingerprint density at radius 1 is 1.11 bits per heavy atom.